The number of ether oxygens (including phenoxy) is 2. The number of allylic oxidation sites excluding steroid dienone is 2. The van der Waals surface area contributed by atoms with Crippen molar-refractivity contribution in [2.45, 2.75) is 94.8 Å². The topological polar surface area (TPSA) is 110 Å². The molecule has 0 aliphatic heterocycles. The molecule has 0 saturated heterocycles. The minimum Gasteiger partial charge on any atom is -0.744 e. The van der Waals surface area contributed by atoms with Crippen LogP contribution in [0.5, 0.6) is 0 Å². The normalized spacial score (nSPS) is 10.8. The van der Waals surface area contributed by atoms with Crippen molar-refractivity contribution in [3.8, 4) is 0 Å². The molecule has 0 unspecified atom stereocenters. The molecule has 0 amide bonds. The minimum absolute atomic E-state index is 0. The van der Waals surface area contributed by atoms with Crippen molar-refractivity contribution < 1.29 is 83.4 Å². The van der Waals surface area contributed by atoms with Crippen LogP contribution in [-0.4, -0.2) is 38.1 Å². The number of carbonyl (C=O) groups excluding carboxylic acids is 2. The van der Waals surface area contributed by atoms with Crippen molar-refractivity contribution in [2.24, 2.45) is 0 Å². The summed E-state index contributed by atoms with van der Waals surface area (Å²) in [6, 6.07) is 3.52. The average Bonchev–Trinajstić information content (AvgIpc) is 2.85. The van der Waals surface area contributed by atoms with E-state index < -0.39 is 32.5 Å². The van der Waals surface area contributed by atoms with Gasteiger partial charge in [0.1, 0.15) is 10.1 Å². The number of hydrogen-bond acceptors (Lipinski definition) is 7. The van der Waals surface area contributed by atoms with E-state index >= 15 is 0 Å². The Balaban J connectivity index is 0.0000130. The van der Waals surface area contributed by atoms with Gasteiger partial charge in [0.15, 0.2) is 0 Å². The van der Waals surface area contributed by atoms with E-state index in [-0.39, 0.29) is 70.2 Å². The fourth-order valence-corrected chi connectivity index (χ4v) is 4.48. The van der Waals surface area contributed by atoms with E-state index in [1.807, 2.05) is 12.2 Å². The summed E-state index contributed by atoms with van der Waals surface area (Å²) in [5, 5.41) is 0. The molecular formula is C28H41KO7S. The number of carbonyl (C=O) groups is 2. The number of rotatable bonds is 21. The van der Waals surface area contributed by atoms with E-state index in [4.69, 9.17) is 9.47 Å². The molecule has 7 nitrogen and oxygen atoms in total. The Morgan fingerprint density at radius 3 is 1.62 bits per heavy atom. The summed E-state index contributed by atoms with van der Waals surface area (Å²) < 4.78 is 45.8. The Morgan fingerprint density at radius 1 is 0.730 bits per heavy atom. The maximum atomic E-state index is 12.7. The van der Waals surface area contributed by atoms with Gasteiger partial charge >= 0.3 is 63.3 Å². The second-order valence-corrected chi connectivity index (χ2v) is 10.2. The first-order valence-electron chi connectivity index (χ1n) is 13.0. The summed E-state index contributed by atoms with van der Waals surface area (Å²) in [6.45, 7) is 7.61. The first-order valence-corrected chi connectivity index (χ1v) is 14.4. The summed E-state index contributed by atoms with van der Waals surface area (Å²) >= 11 is 0. The van der Waals surface area contributed by atoms with Crippen LogP contribution in [0, 0.1) is 0 Å². The molecule has 0 saturated carbocycles. The number of esters is 2. The monoisotopic (exact) mass is 560 g/mol. The van der Waals surface area contributed by atoms with Crippen molar-refractivity contribution in [1.82, 2.24) is 0 Å². The molecule has 0 spiro atoms. The van der Waals surface area contributed by atoms with E-state index in [0.717, 1.165) is 83.1 Å². The van der Waals surface area contributed by atoms with Crippen molar-refractivity contribution in [3.05, 3.63) is 54.6 Å². The maximum absolute atomic E-state index is 12.7. The Morgan fingerprint density at radius 2 is 1.16 bits per heavy atom. The van der Waals surface area contributed by atoms with Crippen molar-refractivity contribution in [3.63, 3.8) is 0 Å². The van der Waals surface area contributed by atoms with Gasteiger partial charge in [0.25, 0.3) is 0 Å². The quantitative estimate of drug-likeness (QED) is 0.0741. The van der Waals surface area contributed by atoms with Gasteiger partial charge in [-0.1, -0.05) is 69.6 Å². The second-order valence-electron chi connectivity index (χ2n) is 8.80. The zero-order valence-corrected chi connectivity index (χ0v) is 26.3. The van der Waals surface area contributed by atoms with Crippen LogP contribution in [0.4, 0.5) is 0 Å². The average molecular weight is 561 g/mol. The van der Waals surface area contributed by atoms with Crippen molar-refractivity contribution >= 4 is 22.1 Å². The maximum Gasteiger partial charge on any atom is 1.00 e. The molecule has 0 fully saturated rings. The van der Waals surface area contributed by atoms with Gasteiger partial charge in [0, 0.05) is 0 Å². The van der Waals surface area contributed by atoms with Crippen LogP contribution >= 0.6 is 0 Å². The van der Waals surface area contributed by atoms with Gasteiger partial charge in [-0.3, -0.25) is 0 Å². The van der Waals surface area contributed by atoms with Gasteiger partial charge in [-0.2, -0.15) is 0 Å². The fraction of sp³-hybridized carbons (Fsp3) is 0.571. The standard InChI is InChI=1S/C28H42O7S.K/c1-3-5-7-9-11-13-15-17-22-34-27(29)24-20-19-21-25(36(31,32)33)26(24)28(30)35-23-18-16-14-12-10-8-6-4-2;/h3-4,19-21H,1-2,5-18,22-23H2,(H,31,32,33);/q;+1/p-1. The summed E-state index contributed by atoms with van der Waals surface area (Å²) in [6.07, 6.45) is 17.5. The van der Waals surface area contributed by atoms with Crippen LogP contribution in [0.15, 0.2) is 48.4 Å². The smallest absolute Gasteiger partial charge is 0.744 e. The molecule has 0 heterocycles. The zero-order valence-electron chi connectivity index (χ0n) is 22.4. The molecule has 0 bridgehead atoms. The molecule has 37 heavy (non-hydrogen) atoms. The van der Waals surface area contributed by atoms with E-state index in [2.05, 4.69) is 13.2 Å². The first-order chi connectivity index (χ1) is 17.3. The van der Waals surface area contributed by atoms with Crippen molar-refractivity contribution in [1.29, 1.82) is 0 Å². The number of hydrogen-bond donors (Lipinski definition) is 0. The van der Waals surface area contributed by atoms with Crippen LogP contribution in [0.2, 0.25) is 0 Å². The molecule has 0 aliphatic rings. The molecule has 0 radical (unpaired) electrons. The predicted octanol–water partition coefficient (Wildman–Crippen LogP) is 3.74. The number of benzene rings is 1. The molecule has 1 rings (SSSR count). The largest absolute Gasteiger partial charge is 1.00 e. The Kier molecular flexibility index (Phi) is 21.6. The molecular weight excluding hydrogens is 519 g/mol. The van der Waals surface area contributed by atoms with E-state index in [1.165, 1.54) is 12.1 Å². The van der Waals surface area contributed by atoms with Gasteiger partial charge in [-0.05, 0) is 50.7 Å². The van der Waals surface area contributed by atoms with Crippen LogP contribution in [0.25, 0.3) is 0 Å². The minimum atomic E-state index is -5.00. The molecule has 9 heteroatoms. The first kappa shape index (κ1) is 36.2. The Bertz CT molecular complexity index is 928. The van der Waals surface area contributed by atoms with Gasteiger partial charge in [0.2, 0.25) is 0 Å². The third-order valence-corrected chi connectivity index (χ3v) is 6.67. The van der Waals surface area contributed by atoms with Crippen LogP contribution in [-0.2, 0) is 19.6 Å². The Labute approximate surface area is 265 Å². The van der Waals surface area contributed by atoms with Crippen LogP contribution in [0.3, 0.4) is 0 Å². The van der Waals surface area contributed by atoms with Crippen LogP contribution in [0.1, 0.15) is 111 Å². The summed E-state index contributed by atoms with van der Waals surface area (Å²) in [5.74, 6) is -1.86. The third-order valence-electron chi connectivity index (χ3n) is 5.79. The molecule has 1 aromatic rings. The molecule has 1 aromatic carbocycles. The fourth-order valence-electron chi connectivity index (χ4n) is 3.80. The van der Waals surface area contributed by atoms with Crippen molar-refractivity contribution in [2.75, 3.05) is 13.2 Å². The molecule has 0 N–H and O–H groups in total. The van der Waals surface area contributed by atoms with E-state index in [1.54, 1.807) is 0 Å². The molecule has 0 aliphatic carbocycles. The predicted molar refractivity (Wildman–Crippen MR) is 140 cm³/mol. The van der Waals surface area contributed by atoms with Gasteiger partial charge in [0.05, 0.1) is 29.2 Å². The van der Waals surface area contributed by atoms with Gasteiger partial charge in [-0.15, -0.1) is 13.2 Å². The molecule has 202 valence electrons. The van der Waals surface area contributed by atoms with E-state index in [9.17, 15) is 22.6 Å². The zero-order chi connectivity index (χ0) is 26.7. The van der Waals surface area contributed by atoms with Gasteiger partial charge < -0.3 is 14.0 Å². The Hall–Kier alpha value is -0.814. The third kappa shape index (κ3) is 16.0. The summed E-state index contributed by atoms with van der Waals surface area (Å²) in [5.41, 5.74) is -0.826. The number of unbranched alkanes of at least 4 members (excludes halogenated alkanes) is 12. The summed E-state index contributed by atoms with van der Waals surface area (Å²) in [7, 11) is -5.00. The van der Waals surface area contributed by atoms with E-state index in [0.29, 0.717) is 12.8 Å². The SMILES string of the molecule is C=CCCCCCCCCOC(=O)c1cccc(S(=O)(=O)[O-])c1C(=O)OCCCCCCCCC=C.[K+]. The van der Waals surface area contributed by atoms with Crippen LogP contribution < -0.4 is 51.4 Å². The van der Waals surface area contributed by atoms with Gasteiger partial charge in [-0.25, -0.2) is 18.0 Å². The molecule has 0 atom stereocenters. The molecule has 0 aromatic heterocycles. The second kappa shape index (κ2) is 22.0. The summed E-state index contributed by atoms with van der Waals surface area (Å²) in [4.78, 5) is 24.6.